The van der Waals surface area contributed by atoms with Crippen LogP contribution in [0.15, 0.2) is 12.2 Å². The van der Waals surface area contributed by atoms with Gasteiger partial charge in [0.15, 0.2) is 12.4 Å². The summed E-state index contributed by atoms with van der Waals surface area (Å²) in [5.41, 5.74) is 0. The molecule has 0 heterocycles. The number of hydrogen-bond acceptors (Lipinski definition) is 8. The zero-order valence-corrected chi connectivity index (χ0v) is 31.6. The van der Waals surface area contributed by atoms with Gasteiger partial charge in [-0.1, -0.05) is 122 Å². The van der Waals surface area contributed by atoms with Gasteiger partial charge in [0, 0.05) is 12.8 Å². The first-order valence-corrected chi connectivity index (χ1v) is 19.3. The molecular weight excluding hydrogens is 610 g/mol. The van der Waals surface area contributed by atoms with Crippen molar-refractivity contribution in [2.75, 3.05) is 47.5 Å². The Bertz CT molecular complexity index is 810. The molecule has 0 aromatic heterocycles. The van der Waals surface area contributed by atoms with E-state index in [0.717, 1.165) is 51.4 Å². The Hall–Kier alpha value is -1.97. The van der Waals surface area contributed by atoms with Crippen LogP contribution in [0, 0.1) is 0 Å². The van der Waals surface area contributed by atoms with E-state index in [0.29, 0.717) is 23.9 Å². The van der Waals surface area contributed by atoms with Crippen molar-refractivity contribution in [1.82, 2.24) is 0 Å². The summed E-state index contributed by atoms with van der Waals surface area (Å²) in [6.07, 6.45) is 26.7. The van der Waals surface area contributed by atoms with E-state index in [9.17, 15) is 19.5 Å². The molecule has 0 aromatic carbocycles. The Labute approximate surface area is 294 Å². The van der Waals surface area contributed by atoms with Crippen LogP contribution < -0.4 is 5.11 Å². The zero-order valence-electron chi connectivity index (χ0n) is 31.6. The molecule has 2 unspecified atom stereocenters. The maximum absolute atomic E-state index is 12.6. The number of allylic oxidation sites excluding steroid dienone is 2. The van der Waals surface area contributed by atoms with E-state index in [1.807, 2.05) is 21.1 Å². The first-order valence-electron chi connectivity index (χ1n) is 19.3. The number of likely N-dealkylation sites (N-methyl/N-ethyl adjacent to an activating group) is 1. The van der Waals surface area contributed by atoms with Gasteiger partial charge in [-0.25, -0.2) is 0 Å². The number of rotatable bonds is 35. The molecule has 0 aliphatic carbocycles. The highest BCUT2D eigenvalue weighted by molar-refractivity contribution is 5.70. The van der Waals surface area contributed by atoms with Crippen molar-refractivity contribution in [3.8, 4) is 0 Å². The molecule has 0 fully saturated rings. The molecule has 48 heavy (non-hydrogen) atoms. The van der Waals surface area contributed by atoms with Crippen LogP contribution in [0.2, 0.25) is 0 Å². The largest absolute Gasteiger partial charge is 0.545 e. The highest BCUT2D eigenvalue weighted by atomic mass is 16.7. The van der Waals surface area contributed by atoms with Crippen LogP contribution in [0.5, 0.6) is 0 Å². The number of unbranched alkanes of at least 4 members (excludes halogenated alkanes) is 18. The molecule has 0 N–H and O–H groups in total. The van der Waals surface area contributed by atoms with E-state index in [2.05, 4.69) is 26.0 Å². The Morgan fingerprint density at radius 2 is 1.06 bits per heavy atom. The summed E-state index contributed by atoms with van der Waals surface area (Å²) in [5.74, 6) is -2.30. The standard InChI is InChI=1S/C39H73NO8/c1-6-8-10-12-14-16-17-18-19-20-22-24-26-28-30-37(42)48-35(34-47-39(38(43)44)45-32-31-40(3,4)5)33-46-36(41)29-27-25-23-21-15-13-11-9-7-2/h17-18,35,39H,6-16,19-34H2,1-5H3/b18-17-. The van der Waals surface area contributed by atoms with Crippen LogP contribution in [0.1, 0.15) is 162 Å². The molecule has 0 aliphatic rings. The molecular formula is C39H73NO8. The predicted molar refractivity (Wildman–Crippen MR) is 191 cm³/mol. The maximum atomic E-state index is 12.6. The molecule has 2 atom stereocenters. The quantitative estimate of drug-likeness (QED) is 0.0219. The fourth-order valence-corrected chi connectivity index (χ4v) is 5.17. The third-order valence-electron chi connectivity index (χ3n) is 8.26. The highest BCUT2D eigenvalue weighted by Crippen LogP contribution is 2.13. The average Bonchev–Trinajstić information content (AvgIpc) is 3.03. The van der Waals surface area contributed by atoms with Gasteiger partial charge in [-0.2, -0.15) is 0 Å². The van der Waals surface area contributed by atoms with E-state index in [1.165, 1.54) is 77.0 Å². The van der Waals surface area contributed by atoms with Crippen molar-refractivity contribution < 1.29 is 42.9 Å². The Kier molecular flexibility index (Phi) is 30.9. The van der Waals surface area contributed by atoms with E-state index in [4.69, 9.17) is 18.9 Å². The fourth-order valence-electron chi connectivity index (χ4n) is 5.17. The topological polar surface area (TPSA) is 111 Å². The van der Waals surface area contributed by atoms with Crippen LogP contribution >= 0.6 is 0 Å². The van der Waals surface area contributed by atoms with Gasteiger partial charge in [-0.05, 0) is 38.5 Å². The first kappa shape index (κ1) is 46.0. The van der Waals surface area contributed by atoms with Crippen molar-refractivity contribution in [2.24, 2.45) is 0 Å². The Morgan fingerprint density at radius 3 is 1.54 bits per heavy atom. The minimum Gasteiger partial charge on any atom is -0.545 e. The number of carbonyl (C=O) groups excluding carboxylic acids is 3. The summed E-state index contributed by atoms with van der Waals surface area (Å²) in [6, 6.07) is 0. The van der Waals surface area contributed by atoms with Crippen molar-refractivity contribution >= 4 is 17.9 Å². The SMILES string of the molecule is CCCCCCC/C=C\CCCCCCCC(=O)OC(COC(=O)CCCCCCCCCCC)COC(OCC[N+](C)(C)C)C(=O)[O-]. The lowest BCUT2D eigenvalue weighted by Gasteiger charge is -2.26. The van der Waals surface area contributed by atoms with Crippen molar-refractivity contribution in [3.05, 3.63) is 12.2 Å². The summed E-state index contributed by atoms with van der Waals surface area (Å²) >= 11 is 0. The molecule has 9 nitrogen and oxygen atoms in total. The number of carboxylic acid groups (broad SMARTS) is 1. The second kappa shape index (κ2) is 32.2. The molecule has 0 radical (unpaired) electrons. The van der Waals surface area contributed by atoms with E-state index < -0.39 is 24.3 Å². The average molecular weight is 684 g/mol. The molecule has 0 saturated carbocycles. The fraction of sp³-hybridized carbons (Fsp3) is 0.872. The number of hydrogen-bond donors (Lipinski definition) is 0. The van der Waals surface area contributed by atoms with Gasteiger partial charge in [0.05, 0.1) is 40.3 Å². The Morgan fingerprint density at radius 1 is 0.604 bits per heavy atom. The number of carboxylic acids is 1. The minimum absolute atomic E-state index is 0.149. The molecule has 0 bridgehead atoms. The van der Waals surface area contributed by atoms with E-state index >= 15 is 0 Å². The van der Waals surface area contributed by atoms with E-state index in [1.54, 1.807) is 0 Å². The van der Waals surface area contributed by atoms with Crippen molar-refractivity contribution in [2.45, 2.75) is 174 Å². The van der Waals surface area contributed by atoms with Crippen LogP contribution in [0.25, 0.3) is 0 Å². The third kappa shape index (κ3) is 32.6. The van der Waals surface area contributed by atoms with Crippen LogP contribution in [0.3, 0.4) is 0 Å². The molecule has 9 heteroatoms. The number of esters is 2. The van der Waals surface area contributed by atoms with Crippen LogP contribution in [-0.4, -0.2) is 82.3 Å². The first-order chi connectivity index (χ1) is 23.1. The van der Waals surface area contributed by atoms with Crippen molar-refractivity contribution in [3.63, 3.8) is 0 Å². The second-order valence-electron chi connectivity index (χ2n) is 14.2. The lowest BCUT2D eigenvalue weighted by molar-refractivity contribution is -0.870. The molecule has 0 amide bonds. The lowest BCUT2D eigenvalue weighted by Crippen LogP contribution is -2.44. The van der Waals surface area contributed by atoms with Crippen molar-refractivity contribution in [1.29, 1.82) is 0 Å². The number of nitrogens with zero attached hydrogens (tertiary/aromatic N) is 1. The normalized spacial score (nSPS) is 13.1. The molecule has 0 aromatic rings. The van der Waals surface area contributed by atoms with Gasteiger partial charge >= 0.3 is 11.9 Å². The smallest absolute Gasteiger partial charge is 0.306 e. The molecule has 0 aliphatic heterocycles. The summed E-state index contributed by atoms with van der Waals surface area (Å²) in [5, 5.41) is 11.6. The van der Waals surface area contributed by atoms with Gasteiger partial charge in [-0.15, -0.1) is 0 Å². The van der Waals surface area contributed by atoms with Crippen LogP contribution in [0.4, 0.5) is 0 Å². The minimum atomic E-state index is -1.61. The van der Waals surface area contributed by atoms with Gasteiger partial charge < -0.3 is 33.3 Å². The van der Waals surface area contributed by atoms with Gasteiger partial charge in [-0.3, -0.25) is 9.59 Å². The number of aliphatic carboxylic acids is 1. The molecule has 282 valence electrons. The zero-order chi connectivity index (χ0) is 35.7. The summed E-state index contributed by atoms with van der Waals surface area (Å²) in [4.78, 5) is 36.7. The van der Waals surface area contributed by atoms with E-state index in [-0.39, 0.29) is 32.2 Å². The maximum Gasteiger partial charge on any atom is 0.306 e. The summed E-state index contributed by atoms with van der Waals surface area (Å²) in [6.45, 7) is 4.68. The monoisotopic (exact) mass is 684 g/mol. The third-order valence-corrected chi connectivity index (χ3v) is 8.26. The predicted octanol–water partition coefficient (Wildman–Crippen LogP) is 7.83. The molecule has 0 saturated heterocycles. The summed E-state index contributed by atoms with van der Waals surface area (Å²) < 4.78 is 22.4. The highest BCUT2D eigenvalue weighted by Gasteiger charge is 2.21. The summed E-state index contributed by atoms with van der Waals surface area (Å²) in [7, 11) is 5.89. The lowest BCUT2D eigenvalue weighted by atomic mass is 10.1. The second-order valence-corrected chi connectivity index (χ2v) is 14.2. The number of ether oxygens (including phenoxy) is 4. The van der Waals surface area contributed by atoms with Crippen LogP contribution in [-0.2, 0) is 33.3 Å². The number of quaternary nitrogens is 1. The molecule has 0 rings (SSSR count). The number of carbonyl (C=O) groups is 3. The van der Waals surface area contributed by atoms with Gasteiger partial charge in [0.1, 0.15) is 13.2 Å². The van der Waals surface area contributed by atoms with Gasteiger partial charge in [0.2, 0.25) is 0 Å². The molecule has 0 spiro atoms. The van der Waals surface area contributed by atoms with Gasteiger partial charge in [0.25, 0.3) is 0 Å². The Balaban J connectivity index is 4.53.